The number of thiophene rings is 1. The van der Waals surface area contributed by atoms with Crippen LogP contribution in [0.2, 0.25) is 0 Å². The molecule has 0 fully saturated rings. The Hall–Kier alpha value is -1.27. The summed E-state index contributed by atoms with van der Waals surface area (Å²) >= 11 is 1.56. The molecule has 1 N–H and O–H groups in total. The van der Waals surface area contributed by atoms with Crippen molar-refractivity contribution in [3.8, 4) is 6.07 Å². The van der Waals surface area contributed by atoms with Gasteiger partial charge in [-0.3, -0.25) is 0 Å². The van der Waals surface area contributed by atoms with Gasteiger partial charge in [-0.05, 0) is 17.6 Å². The van der Waals surface area contributed by atoms with Gasteiger partial charge >= 0.3 is 0 Å². The third-order valence-electron chi connectivity index (χ3n) is 1.24. The number of nitrogens with zero attached hydrogens (tertiary/aromatic N) is 1. The highest BCUT2D eigenvalue weighted by Crippen LogP contribution is 2.17. The fourth-order valence-corrected chi connectivity index (χ4v) is 1.48. The van der Waals surface area contributed by atoms with Gasteiger partial charge in [0, 0.05) is 4.88 Å². The summed E-state index contributed by atoms with van der Waals surface area (Å²) in [7, 11) is 0. The van der Waals surface area contributed by atoms with Crippen LogP contribution in [-0.4, -0.2) is 0 Å². The van der Waals surface area contributed by atoms with Crippen molar-refractivity contribution in [2.45, 2.75) is 6.04 Å². The highest BCUT2D eigenvalue weighted by molar-refractivity contribution is 7.10. The van der Waals surface area contributed by atoms with Crippen LogP contribution in [0.1, 0.15) is 10.9 Å². The summed E-state index contributed by atoms with van der Waals surface area (Å²) in [6, 6.07) is 5.74. The predicted octanol–water partition coefficient (Wildman–Crippen LogP) is 2.05. The Morgan fingerprint density at radius 3 is 3.09 bits per heavy atom. The van der Waals surface area contributed by atoms with Crippen LogP contribution in [0.4, 0.5) is 0 Å². The average Bonchev–Trinajstić information content (AvgIpc) is 2.52. The Balaban J connectivity index is 2.73. The molecule has 0 aliphatic rings. The molecule has 2 nitrogen and oxygen atoms in total. The van der Waals surface area contributed by atoms with Gasteiger partial charge in [-0.2, -0.15) is 5.26 Å². The number of hydrogen-bond donors (Lipinski definition) is 1. The minimum atomic E-state index is -0.243. The SMILES string of the molecule is C=CNC(C#N)c1cccs1. The average molecular weight is 164 g/mol. The molecule has 0 saturated carbocycles. The molecule has 1 aromatic rings. The topological polar surface area (TPSA) is 35.8 Å². The highest BCUT2D eigenvalue weighted by atomic mass is 32.1. The molecule has 0 bridgehead atoms. The van der Waals surface area contributed by atoms with Gasteiger partial charge in [-0.1, -0.05) is 12.6 Å². The molecular formula is C8H8N2S. The lowest BCUT2D eigenvalue weighted by molar-refractivity contribution is 0.785. The molecule has 1 atom stereocenters. The molecule has 56 valence electrons. The van der Waals surface area contributed by atoms with E-state index in [-0.39, 0.29) is 6.04 Å². The van der Waals surface area contributed by atoms with E-state index in [0.717, 1.165) is 4.88 Å². The van der Waals surface area contributed by atoms with E-state index in [1.165, 1.54) is 6.20 Å². The molecule has 0 aromatic carbocycles. The summed E-state index contributed by atoms with van der Waals surface area (Å²) in [5, 5.41) is 13.5. The van der Waals surface area contributed by atoms with Crippen molar-refractivity contribution in [2.75, 3.05) is 0 Å². The third kappa shape index (κ3) is 1.82. The fourth-order valence-electron chi connectivity index (χ4n) is 0.756. The van der Waals surface area contributed by atoms with Crippen molar-refractivity contribution in [1.82, 2.24) is 5.32 Å². The van der Waals surface area contributed by atoms with E-state index in [4.69, 9.17) is 5.26 Å². The van der Waals surface area contributed by atoms with Crippen LogP contribution < -0.4 is 5.32 Å². The summed E-state index contributed by atoms with van der Waals surface area (Å²) in [5.74, 6) is 0. The van der Waals surface area contributed by atoms with Gasteiger partial charge in [0.2, 0.25) is 0 Å². The van der Waals surface area contributed by atoms with Crippen LogP contribution in [0.15, 0.2) is 30.3 Å². The van der Waals surface area contributed by atoms with Gasteiger partial charge in [-0.15, -0.1) is 11.3 Å². The van der Waals surface area contributed by atoms with Crippen molar-refractivity contribution in [2.24, 2.45) is 0 Å². The van der Waals surface area contributed by atoms with Crippen LogP contribution >= 0.6 is 11.3 Å². The largest absolute Gasteiger partial charge is 0.372 e. The molecule has 3 heteroatoms. The Bertz CT molecular complexity index is 258. The quantitative estimate of drug-likeness (QED) is 0.742. The third-order valence-corrected chi connectivity index (χ3v) is 2.18. The van der Waals surface area contributed by atoms with Gasteiger partial charge < -0.3 is 5.32 Å². The number of nitrogens with one attached hydrogen (secondary N) is 1. The molecule has 1 unspecified atom stereocenters. The lowest BCUT2D eigenvalue weighted by atomic mass is 10.3. The van der Waals surface area contributed by atoms with Crippen molar-refractivity contribution < 1.29 is 0 Å². The number of rotatable bonds is 3. The Morgan fingerprint density at radius 2 is 2.64 bits per heavy atom. The molecule has 0 saturated heterocycles. The van der Waals surface area contributed by atoms with Crippen LogP contribution in [0, 0.1) is 11.3 Å². The molecule has 0 amide bonds. The Kier molecular flexibility index (Phi) is 2.70. The zero-order chi connectivity index (χ0) is 8.10. The van der Waals surface area contributed by atoms with Gasteiger partial charge in [0.05, 0.1) is 6.07 Å². The van der Waals surface area contributed by atoms with Crippen molar-refractivity contribution >= 4 is 11.3 Å². The molecule has 0 aliphatic carbocycles. The zero-order valence-electron chi connectivity index (χ0n) is 5.95. The molecule has 1 heterocycles. The van der Waals surface area contributed by atoms with Crippen LogP contribution in [0.25, 0.3) is 0 Å². The van der Waals surface area contributed by atoms with Crippen molar-refractivity contribution in [3.63, 3.8) is 0 Å². The maximum atomic E-state index is 8.68. The second-order valence-corrected chi connectivity index (χ2v) is 2.93. The minimum Gasteiger partial charge on any atom is -0.372 e. The molecule has 11 heavy (non-hydrogen) atoms. The monoisotopic (exact) mass is 164 g/mol. The summed E-state index contributed by atoms with van der Waals surface area (Å²) in [6.07, 6.45) is 1.54. The summed E-state index contributed by atoms with van der Waals surface area (Å²) in [5.41, 5.74) is 0. The predicted molar refractivity (Wildman–Crippen MR) is 46.0 cm³/mol. The van der Waals surface area contributed by atoms with E-state index >= 15 is 0 Å². The lowest BCUT2D eigenvalue weighted by Crippen LogP contribution is -2.10. The number of nitriles is 1. The standard InChI is InChI=1S/C8H8N2S/c1-2-10-7(6-9)8-4-3-5-11-8/h2-5,7,10H,1H2. The van der Waals surface area contributed by atoms with E-state index in [1.807, 2.05) is 17.5 Å². The van der Waals surface area contributed by atoms with E-state index in [1.54, 1.807) is 11.3 Å². The Morgan fingerprint density at radius 1 is 1.82 bits per heavy atom. The van der Waals surface area contributed by atoms with Crippen LogP contribution in [0.3, 0.4) is 0 Å². The van der Waals surface area contributed by atoms with E-state index < -0.39 is 0 Å². The lowest BCUT2D eigenvalue weighted by Gasteiger charge is -2.04. The smallest absolute Gasteiger partial charge is 0.149 e. The highest BCUT2D eigenvalue weighted by Gasteiger charge is 2.07. The molecule has 1 aromatic heterocycles. The molecule has 0 radical (unpaired) electrons. The summed E-state index contributed by atoms with van der Waals surface area (Å²) < 4.78 is 0. The maximum Gasteiger partial charge on any atom is 0.149 e. The first-order chi connectivity index (χ1) is 5.38. The van der Waals surface area contributed by atoms with Crippen molar-refractivity contribution in [1.29, 1.82) is 5.26 Å². The van der Waals surface area contributed by atoms with Gasteiger partial charge in [-0.25, -0.2) is 0 Å². The number of hydrogen-bond acceptors (Lipinski definition) is 3. The summed E-state index contributed by atoms with van der Waals surface area (Å²) in [4.78, 5) is 1.02. The van der Waals surface area contributed by atoms with Crippen LogP contribution in [0.5, 0.6) is 0 Å². The second-order valence-electron chi connectivity index (χ2n) is 1.95. The van der Waals surface area contributed by atoms with Crippen LogP contribution in [-0.2, 0) is 0 Å². The Labute approximate surface area is 69.8 Å². The molecule has 0 spiro atoms. The fraction of sp³-hybridized carbons (Fsp3) is 0.125. The minimum absolute atomic E-state index is 0.243. The van der Waals surface area contributed by atoms with E-state index in [0.29, 0.717) is 0 Å². The molecule has 0 aliphatic heterocycles. The first-order valence-corrected chi connectivity index (χ1v) is 4.06. The molecule has 1 rings (SSSR count). The van der Waals surface area contributed by atoms with Gasteiger partial charge in [0.15, 0.2) is 0 Å². The van der Waals surface area contributed by atoms with Gasteiger partial charge in [0.1, 0.15) is 6.04 Å². The first kappa shape index (κ1) is 7.83. The second kappa shape index (κ2) is 3.79. The van der Waals surface area contributed by atoms with E-state index in [9.17, 15) is 0 Å². The zero-order valence-corrected chi connectivity index (χ0v) is 6.77. The van der Waals surface area contributed by atoms with Gasteiger partial charge in [0.25, 0.3) is 0 Å². The molecular weight excluding hydrogens is 156 g/mol. The summed E-state index contributed by atoms with van der Waals surface area (Å²) in [6.45, 7) is 3.50. The maximum absolute atomic E-state index is 8.68. The van der Waals surface area contributed by atoms with E-state index in [2.05, 4.69) is 18.0 Å². The first-order valence-electron chi connectivity index (χ1n) is 3.18. The normalized spacial score (nSPS) is 11.5. The van der Waals surface area contributed by atoms with Crippen molar-refractivity contribution in [3.05, 3.63) is 35.2 Å².